The van der Waals surface area contributed by atoms with Crippen LogP contribution in [0.3, 0.4) is 0 Å². The Kier molecular flexibility index (Phi) is 3.96. The number of aromatic amines is 1. The Hall–Kier alpha value is -3.48. The van der Waals surface area contributed by atoms with E-state index in [0.29, 0.717) is 29.2 Å². The second kappa shape index (κ2) is 6.44. The van der Waals surface area contributed by atoms with Crippen LogP contribution in [0, 0.1) is 5.92 Å². The maximum Gasteiger partial charge on any atom is 0.307 e. The number of aliphatic carboxylic acids is 1. The number of carboxylic acids is 1. The first kappa shape index (κ1) is 16.0. The summed E-state index contributed by atoms with van der Waals surface area (Å²) in [5, 5.41) is 12.5. The molecule has 0 fully saturated rings. The Labute approximate surface area is 149 Å². The fourth-order valence-electron chi connectivity index (χ4n) is 3.26. The summed E-state index contributed by atoms with van der Waals surface area (Å²) < 4.78 is 0. The third kappa shape index (κ3) is 2.83. The van der Waals surface area contributed by atoms with Gasteiger partial charge in [-0.2, -0.15) is 0 Å². The summed E-state index contributed by atoms with van der Waals surface area (Å²) in [5.74, 6) is -1.24. The van der Waals surface area contributed by atoms with Gasteiger partial charge >= 0.3 is 5.97 Å². The highest BCUT2D eigenvalue weighted by Crippen LogP contribution is 2.39. The monoisotopic (exact) mass is 348 g/mol. The number of carbonyl (C=O) groups excluding carboxylic acids is 1. The van der Waals surface area contributed by atoms with Crippen molar-refractivity contribution in [3.63, 3.8) is 0 Å². The van der Waals surface area contributed by atoms with Gasteiger partial charge in [0.05, 0.1) is 22.9 Å². The number of ketones is 1. The highest BCUT2D eigenvalue weighted by Gasteiger charge is 2.34. The molecule has 3 aromatic heterocycles. The SMILES string of the molecule is O=C1CC(C(=O)O)Cc2[nH]c(-c3ccncc3)c(Nc3ccccn3)c21. The lowest BCUT2D eigenvalue weighted by molar-refractivity contribution is -0.141. The van der Waals surface area contributed by atoms with Crippen molar-refractivity contribution < 1.29 is 14.7 Å². The summed E-state index contributed by atoms with van der Waals surface area (Å²) >= 11 is 0. The Morgan fingerprint density at radius 1 is 1.15 bits per heavy atom. The maximum atomic E-state index is 12.7. The molecule has 0 bridgehead atoms. The average molecular weight is 348 g/mol. The van der Waals surface area contributed by atoms with E-state index in [1.807, 2.05) is 30.3 Å². The maximum absolute atomic E-state index is 12.7. The van der Waals surface area contributed by atoms with Crippen molar-refractivity contribution >= 4 is 23.3 Å². The molecule has 1 unspecified atom stereocenters. The van der Waals surface area contributed by atoms with E-state index in [2.05, 4.69) is 20.3 Å². The molecule has 1 aliphatic rings. The molecule has 0 radical (unpaired) electrons. The molecule has 7 nitrogen and oxygen atoms in total. The van der Waals surface area contributed by atoms with Crippen LogP contribution in [0.2, 0.25) is 0 Å². The number of fused-ring (bicyclic) bond motifs is 1. The van der Waals surface area contributed by atoms with Gasteiger partial charge in [0.1, 0.15) is 5.82 Å². The van der Waals surface area contributed by atoms with E-state index >= 15 is 0 Å². The van der Waals surface area contributed by atoms with Crippen LogP contribution in [-0.2, 0) is 11.2 Å². The Balaban J connectivity index is 1.85. The van der Waals surface area contributed by atoms with Gasteiger partial charge in [0.25, 0.3) is 0 Å². The number of Topliss-reactive ketones (excluding diaryl/α,β-unsaturated/α-hetero) is 1. The Morgan fingerprint density at radius 2 is 1.96 bits per heavy atom. The lowest BCUT2D eigenvalue weighted by Crippen LogP contribution is -2.26. The van der Waals surface area contributed by atoms with Crippen molar-refractivity contribution in [1.82, 2.24) is 15.0 Å². The number of nitrogens with zero attached hydrogens (tertiary/aromatic N) is 2. The molecule has 3 N–H and O–H groups in total. The van der Waals surface area contributed by atoms with Gasteiger partial charge in [0, 0.05) is 42.7 Å². The number of hydrogen-bond acceptors (Lipinski definition) is 5. The number of hydrogen-bond donors (Lipinski definition) is 3. The van der Waals surface area contributed by atoms with Crippen molar-refractivity contribution in [3.05, 3.63) is 60.2 Å². The van der Waals surface area contributed by atoms with Crippen LogP contribution >= 0.6 is 0 Å². The lowest BCUT2D eigenvalue weighted by Gasteiger charge is -2.18. The van der Waals surface area contributed by atoms with Gasteiger partial charge < -0.3 is 15.4 Å². The van der Waals surface area contributed by atoms with Crippen molar-refractivity contribution in [3.8, 4) is 11.3 Å². The zero-order chi connectivity index (χ0) is 18.1. The second-order valence-corrected chi connectivity index (χ2v) is 6.17. The molecular weight excluding hydrogens is 332 g/mol. The number of H-pyrrole nitrogens is 1. The summed E-state index contributed by atoms with van der Waals surface area (Å²) in [7, 11) is 0. The highest BCUT2D eigenvalue weighted by atomic mass is 16.4. The molecule has 0 amide bonds. The zero-order valence-corrected chi connectivity index (χ0v) is 13.8. The van der Waals surface area contributed by atoms with Crippen LogP contribution in [0.5, 0.6) is 0 Å². The van der Waals surface area contributed by atoms with Crippen LogP contribution in [-0.4, -0.2) is 31.8 Å². The van der Waals surface area contributed by atoms with Gasteiger partial charge in [-0.3, -0.25) is 14.6 Å². The third-order valence-electron chi connectivity index (χ3n) is 4.48. The van der Waals surface area contributed by atoms with E-state index < -0.39 is 11.9 Å². The molecule has 7 heteroatoms. The standard InChI is InChI=1S/C19H16N4O3/c24-14-10-12(19(25)26)9-13-16(14)18(23-15-3-1-2-6-21-15)17(22-13)11-4-7-20-8-5-11/h1-8,12,22H,9-10H2,(H,21,23)(H,25,26). The van der Waals surface area contributed by atoms with Gasteiger partial charge in [0.2, 0.25) is 0 Å². The van der Waals surface area contributed by atoms with E-state index in [0.717, 1.165) is 11.3 Å². The van der Waals surface area contributed by atoms with Gasteiger partial charge in [-0.1, -0.05) is 6.07 Å². The highest BCUT2D eigenvalue weighted by molar-refractivity contribution is 6.08. The summed E-state index contributed by atoms with van der Waals surface area (Å²) in [6, 6.07) is 9.14. The number of carbonyl (C=O) groups is 2. The predicted octanol–water partition coefficient (Wildman–Crippen LogP) is 3.05. The smallest absolute Gasteiger partial charge is 0.307 e. The summed E-state index contributed by atoms with van der Waals surface area (Å²) in [5.41, 5.74) is 3.35. The first-order valence-electron chi connectivity index (χ1n) is 8.23. The largest absolute Gasteiger partial charge is 0.481 e. The second-order valence-electron chi connectivity index (χ2n) is 6.17. The molecule has 0 saturated heterocycles. The molecule has 0 aromatic carbocycles. The third-order valence-corrected chi connectivity index (χ3v) is 4.48. The van der Waals surface area contributed by atoms with E-state index in [9.17, 15) is 14.7 Å². The Bertz CT molecular complexity index is 967. The molecule has 26 heavy (non-hydrogen) atoms. The van der Waals surface area contributed by atoms with Gasteiger partial charge in [0.15, 0.2) is 5.78 Å². The molecule has 3 heterocycles. The van der Waals surface area contributed by atoms with E-state index in [4.69, 9.17) is 0 Å². The molecule has 1 aliphatic carbocycles. The van der Waals surface area contributed by atoms with Crippen molar-refractivity contribution in [1.29, 1.82) is 0 Å². The Morgan fingerprint density at radius 3 is 2.65 bits per heavy atom. The number of rotatable bonds is 4. The molecule has 1 atom stereocenters. The van der Waals surface area contributed by atoms with Gasteiger partial charge in [-0.15, -0.1) is 0 Å². The minimum atomic E-state index is -0.955. The topological polar surface area (TPSA) is 108 Å². The van der Waals surface area contributed by atoms with Crippen LogP contribution in [0.15, 0.2) is 48.9 Å². The van der Waals surface area contributed by atoms with E-state index in [1.54, 1.807) is 18.6 Å². The minimum Gasteiger partial charge on any atom is -0.481 e. The fraction of sp³-hybridized carbons (Fsp3) is 0.158. The van der Waals surface area contributed by atoms with Crippen molar-refractivity contribution in [2.24, 2.45) is 5.92 Å². The van der Waals surface area contributed by atoms with Crippen molar-refractivity contribution in [2.75, 3.05) is 5.32 Å². The van der Waals surface area contributed by atoms with Crippen LogP contribution in [0.4, 0.5) is 11.5 Å². The number of anilines is 2. The first-order chi connectivity index (χ1) is 12.6. The molecule has 3 aromatic rings. The van der Waals surface area contributed by atoms with Crippen LogP contribution in [0.1, 0.15) is 22.5 Å². The molecule has 130 valence electrons. The normalized spacial score (nSPS) is 16.2. The number of aromatic nitrogens is 3. The zero-order valence-electron chi connectivity index (χ0n) is 13.8. The molecule has 0 spiro atoms. The number of carboxylic acid groups (broad SMARTS) is 1. The van der Waals surface area contributed by atoms with Gasteiger partial charge in [-0.05, 0) is 24.3 Å². The summed E-state index contributed by atoms with van der Waals surface area (Å²) in [6.45, 7) is 0. The summed E-state index contributed by atoms with van der Waals surface area (Å²) in [6.07, 6.45) is 5.28. The van der Waals surface area contributed by atoms with Crippen LogP contribution < -0.4 is 5.32 Å². The van der Waals surface area contributed by atoms with Crippen LogP contribution in [0.25, 0.3) is 11.3 Å². The van der Waals surface area contributed by atoms with Gasteiger partial charge in [-0.25, -0.2) is 4.98 Å². The fourth-order valence-corrected chi connectivity index (χ4v) is 3.26. The quantitative estimate of drug-likeness (QED) is 0.669. The molecule has 4 rings (SSSR count). The molecule has 0 aliphatic heterocycles. The van der Waals surface area contributed by atoms with E-state index in [-0.39, 0.29) is 12.2 Å². The number of pyridine rings is 2. The van der Waals surface area contributed by atoms with Crippen molar-refractivity contribution in [2.45, 2.75) is 12.8 Å². The average Bonchev–Trinajstić information content (AvgIpc) is 3.02. The van der Waals surface area contributed by atoms with E-state index in [1.165, 1.54) is 0 Å². The first-order valence-corrected chi connectivity index (χ1v) is 8.23. The molecular formula is C19H16N4O3. The number of nitrogens with one attached hydrogen (secondary N) is 2. The lowest BCUT2D eigenvalue weighted by atomic mass is 9.86. The predicted molar refractivity (Wildman–Crippen MR) is 95.3 cm³/mol. The molecule has 0 saturated carbocycles. The minimum absolute atomic E-state index is 0.00707. The summed E-state index contributed by atoms with van der Waals surface area (Å²) in [4.78, 5) is 35.6.